The van der Waals surface area contributed by atoms with Crippen molar-refractivity contribution in [2.75, 3.05) is 13.7 Å². The van der Waals surface area contributed by atoms with Crippen molar-refractivity contribution in [2.24, 2.45) is 0 Å². The molecule has 0 bridgehead atoms. The van der Waals surface area contributed by atoms with E-state index in [1.54, 1.807) is 7.11 Å². The lowest BCUT2D eigenvalue weighted by atomic mass is 9.95. The highest BCUT2D eigenvalue weighted by Gasteiger charge is 2.21. The van der Waals surface area contributed by atoms with E-state index < -0.39 is 0 Å². The van der Waals surface area contributed by atoms with Crippen molar-refractivity contribution in [1.82, 2.24) is 15.3 Å². The first-order valence-corrected chi connectivity index (χ1v) is 7.92. The van der Waals surface area contributed by atoms with Gasteiger partial charge in [0.1, 0.15) is 5.75 Å². The van der Waals surface area contributed by atoms with E-state index in [1.807, 2.05) is 24.3 Å². The van der Waals surface area contributed by atoms with Gasteiger partial charge in [0.05, 0.1) is 7.11 Å². The van der Waals surface area contributed by atoms with Crippen LogP contribution >= 0.6 is 0 Å². The molecular formula is C18H23N3O. The number of ether oxygens (including phenoxy) is 1. The van der Waals surface area contributed by atoms with Crippen LogP contribution in [0, 0.1) is 13.8 Å². The average molecular weight is 297 g/mol. The SMILES string of the molecule is COc1cccc(-c2nc(C)c(C3CCCCN3)c(C)n2)c1. The van der Waals surface area contributed by atoms with Crippen LogP contribution in [0.2, 0.25) is 0 Å². The Hall–Kier alpha value is -1.94. The van der Waals surface area contributed by atoms with Crippen LogP contribution in [0.1, 0.15) is 42.3 Å². The van der Waals surface area contributed by atoms with Gasteiger partial charge in [-0.2, -0.15) is 0 Å². The molecule has 1 aromatic heterocycles. The highest BCUT2D eigenvalue weighted by Crippen LogP contribution is 2.29. The van der Waals surface area contributed by atoms with E-state index >= 15 is 0 Å². The van der Waals surface area contributed by atoms with Gasteiger partial charge in [-0.3, -0.25) is 0 Å². The van der Waals surface area contributed by atoms with Crippen LogP contribution in [-0.4, -0.2) is 23.6 Å². The Morgan fingerprint density at radius 3 is 2.55 bits per heavy atom. The minimum atomic E-state index is 0.396. The third-order valence-electron chi connectivity index (χ3n) is 4.31. The molecule has 1 fully saturated rings. The number of piperidine rings is 1. The third-order valence-corrected chi connectivity index (χ3v) is 4.31. The predicted octanol–water partition coefficient (Wildman–Crippen LogP) is 3.58. The van der Waals surface area contributed by atoms with Crippen LogP contribution < -0.4 is 10.1 Å². The topological polar surface area (TPSA) is 47.0 Å². The molecule has 0 aliphatic carbocycles. The number of benzene rings is 1. The zero-order valence-corrected chi connectivity index (χ0v) is 13.5. The number of aromatic nitrogens is 2. The number of nitrogens with zero attached hydrogens (tertiary/aromatic N) is 2. The molecule has 1 saturated heterocycles. The van der Waals surface area contributed by atoms with E-state index in [-0.39, 0.29) is 0 Å². The van der Waals surface area contributed by atoms with Gasteiger partial charge in [0.25, 0.3) is 0 Å². The highest BCUT2D eigenvalue weighted by molar-refractivity contribution is 5.58. The summed E-state index contributed by atoms with van der Waals surface area (Å²) >= 11 is 0. The molecule has 0 amide bonds. The van der Waals surface area contributed by atoms with Crippen molar-refractivity contribution in [1.29, 1.82) is 0 Å². The quantitative estimate of drug-likeness (QED) is 0.940. The van der Waals surface area contributed by atoms with Gasteiger partial charge in [-0.25, -0.2) is 9.97 Å². The molecule has 4 heteroatoms. The minimum absolute atomic E-state index is 0.396. The van der Waals surface area contributed by atoms with E-state index in [2.05, 4.69) is 19.2 Å². The fourth-order valence-electron chi connectivity index (χ4n) is 3.22. The monoisotopic (exact) mass is 297 g/mol. The molecule has 2 aromatic rings. The van der Waals surface area contributed by atoms with Gasteiger partial charge in [-0.05, 0) is 45.4 Å². The summed E-state index contributed by atoms with van der Waals surface area (Å²) < 4.78 is 5.29. The third kappa shape index (κ3) is 2.97. The fraction of sp³-hybridized carbons (Fsp3) is 0.444. The van der Waals surface area contributed by atoms with Crippen molar-refractivity contribution < 1.29 is 4.74 Å². The zero-order valence-electron chi connectivity index (χ0n) is 13.5. The maximum Gasteiger partial charge on any atom is 0.159 e. The maximum atomic E-state index is 5.29. The Bertz CT molecular complexity index is 640. The first kappa shape index (κ1) is 15.0. The van der Waals surface area contributed by atoms with E-state index in [9.17, 15) is 0 Å². The molecule has 1 aliphatic heterocycles. The summed E-state index contributed by atoms with van der Waals surface area (Å²) in [5.74, 6) is 1.60. The summed E-state index contributed by atoms with van der Waals surface area (Å²) in [6.07, 6.45) is 3.70. The van der Waals surface area contributed by atoms with Crippen LogP contribution in [0.15, 0.2) is 24.3 Å². The molecule has 3 rings (SSSR count). The predicted molar refractivity (Wildman–Crippen MR) is 88.1 cm³/mol. The van der Waals surface area contributed by atoms with Gasteiger partial charge < -0.3 is 10.1 Å². The van der Waals surface area contributed by atoms with Crippen LogP contribution in [0.25, 0.3) is 11.4 Å². The fourth-order valence-corrected chi connectivity index (χ4v) is 3.22. The van der Waals surface area contributed by atoms with Crippen LogP contribution in [-0.2, 0) is 0 Å². The maximum absolute atomic E-state index is 5.29. The molecule has 4 nitrogen and oxygen atoms in total. The molecule has 1 aliphatic rings. The Morgan fingerprint density at radius 1 is 1.14 bits per heavy atom. The van der Waals surface area contributed by atoms with E-state index in [0.29, 0.717) is 6.04 Å². The second-order valence-electron chi connectivity index (χ2n) is 5.87. The first-order chi connectivity index (χ1) is 10.7. The lowest BCUT2D eigenvalue weighted by Gasteiger charge is -2.26. The molecule has 1 N–H and O–H groups in total. The number of hydrogen-bond donors (Lipinski definition) is 1. The highest BCUT2D eigenvalue weighted by atomic mass is 16.5. The molecule has 22 heavy (non-hydrogen) atoms. The molecular weight excluding hydrogens is 274 g/mol. The summed E-state index contributed by atoms with van der Waals surface area (Å²) in [7, 11) is 1.67. The number of aryl methyl sites for hydroxylation is 2. The van der Waals surface area contributed by atoms with Crippen LogP contribution in [0.5, 0.6) is 5.75 Å². The molecule has 1 aromatic carbocycles. The summed E-state index contributed by atoms with van der Waals surface area (Å²) in [5.41, 5.74) is 4.41. The van der Waals surface area contributed by atoms with Gasteiger partial charge in [0.2, 0.25) is 0 Å². The largest absolute Gasteiger partial charge is 0.497 e. The molecule has 0 spiro atoms. The zero-order chi connectivity index (χ0) is 15.5. The van der Waals surface area contributed by atoms with E-state index in [0.717, 1.165) is 35.1 Å². The normalized spacial score (nSPS) is 18.2. The Labute approximate surface area is 132 Å². The molecule has 0 saturated carbocycles. The summed E-state index contributed by atoms with van der Waals surface area (Å²) in [4.78, 5) is 9.50. The van der Waals surface area contributed by atoms with Gasteiger partial charge in [-0.15, -0.1) is 0 Å². The van der Waals surface area contributed by atoms with Crippen LogP contribution in [0.3, 0.4) is 0 Å². The lowest BCUT2D eigenvalue weighted by Crippen LogP contribution is -2.28. The molecule has 0 radical (unpaired) electrons. The Balaban J connectivity index is 1.97. The number of nitrogens with one attached hydrogen (secondary N) is 1. The minimum Gasteiger partial charge on any atom is -0.497 e. The van der Waals surface area contributed by atoms with Crippen molar-refractivity contribution in [3.8, 4) is 17.1 Å². The smallest absolute Gasteiger partial charge is 0.159 e. The molecule has 1 atom stereocenters. The van der Waals surface area contributed by atoms with Gasteiger partial charge >= 0.3 is 0 Å². The number of methoxy groups -OCH3 is 1. The molecule has 1 unspecified atom stereocenters. The summed E-state index contributed by atoms with van der Waals surface area (Å²) in [6, 6.07) is 8.30. The lowest BCUT2D eigenvalue weighted by molar-refractivity contribution is 0.407. The Kier molecular flexibility index (Phi) is 4.39. The molecule has 116 valence electrons. The summed E-state index contributed by atoms with van der Waals surface area (Å²) in [5, 5.41) is 3.59. The average Bonchev–Trinajstić information content (AvgIpc) is 2.55. The molecule has 2 heterocycles. The second-order valence-corrected chi connectivity index (χ2v) is 5.87. The van der Waals surface area contributed by atoms with E-state index in [4.69, 9.17) is 14.7 Å². The Morgan fingerprint density at radius 2 is 1.91 bits per heavy atom. The van der Waals surface area contributed by atoms with Gasteiger partial charge in [0.15, 0.2) is 5.82 Å². The van der Waals surface area contributed by atoms with Crippen molar-refractivity contribution in [3.63, 3.8) is 0 Å². The summed E-state index contributed by atoms with van der Waals surface area (Å²) in [6.45, 7) is 5.26. The van der Waals surface area contributed by atoms with Gasteiger partial charge in [-0.1, -0.05) is 18.6 Å². The number of hydrogen-bond acceptors (Lipinski definition) is 4. The van der Waals surface area contributed by atoms with Crippen molar-refractivity contribution in [3.05, 3.63) is 41.2 Å². The van der Waals surface area contributed by atoms with Crippen LogP contribution in [0.4, 0.5) is 0 Å². The van der Waals surface area contributed by atoms with E-state index in [1.165, 1.54) is 24.8 Å². The first-order valence-electron chi connectivity index (χ1n) is 7.92. The van der Waals surface area contributed by atoms with Gasteiger partial charge in [0, 0.05) is 28.6 Å². The van der Waals surface area contributed by atoms with Crippen molar-refractivity contribution in [2.45, 2.75) is 39.2 Å². The standard InChI is InChI=1S/C18H23N3O/c1-12-17(16-9-4-5-10-19-16)13(2)21-18(20-12)14-7-6-8-15(11-14)22-3/h6-8,11,16,19H,4-5,9-10H2,1-3H3. The van der Waals surface area contributed by atoms with Crippen molar-refractivity contribution >= 4 is 0 Å². The second kappa shape index (κ2) is 6.44. The number of rotatable bonds is 3.